The Morgan fingerprint density at radius 3 is 2.56 bits per heavy atom. The number of ether oxygens (including phenoxy) is 1. The molecule has 3 heteroatoms. The molecule has 196 valence electrons. The maximum Gasteiger partial charge on any atom is 0.133 e. The molecular formula is C33H46O3. The van der Waals surface area contributed by atoms with Gasteiger partial charge in [-0.3, -0.25) is 4.79 Å². The largest absolute Gasteiger partial charge is 0.489 e. The Morgan fingerprint density at radius 2 is 1.81 bits per heavy atom. The predicted octanol–water partition coefficient (Wildman–Crippen LogP) is 8.73. The second kappa shape index (κ2) is 14.4. The average molecular weight is 491 g/mol. The number of carbonyl (C=O) groups excluding carboxylic acids is 2. The predicted molar refractivity (Wildman–Crippen MR) is 149 cm³/mol. The zero-order valence-electron chi connectivity index (χ0n) is 22.8. The number of aldehydes is 1. The summed E-state index contributed by atoms with van der Waals surface area (Å²) < 4.78 is 6.52. The molecule has 36 heavy (non-hydrogen) atoms. The average Bonchev–Trinajstić information content (AvgIpc) is 2.89. The van der Waals surface area contributed by atoms with Gasteiger partial charge in [-0.05, 0) is 65.7 Å². The van der Waals surface area contributed by atoms with Crippen LogP contribution in [0.25, 0.3) is 0 Å². The molecular weight excluding hydrogens is 444 g/mol. The molecule has 3 nitrogen and oxygen atoms in total. The van der Waals surface area contributed by atoms with Crippen molar-refractivity contribution in [2.45, 2.75) is 116 Å². The molecule has 1 aliphatic rings. The number of carbonyl (C=O) groups is 2. The van der Waals surface area contributed by atoms with E-state index in [-0.39, 0.29) is 11.3 Å². The fraction of sp³-hybridized carbons (Fsp3) is 0.576. The van der Waals surface area contributed by atoms with Gasteiger partial charge in [0, 0.05) is 19.3 Å². The highest BCUT2D eigenvalue weighted by atomic mass is 16.5. The summed E-state index contributed by atoms with van der Waals surface area (Å²) in [7, 11) is 0. The van der Waals surface area contributed by atoms with E-state index in [4.69, 9.17) is 4.74 Å². The first kappa shape index (κ1) is 28.2. The first-order chi connectivity index (χ1) is 17.4. The van der Waals surface area contributed by atoms with Crippen molar-refractivity contribution in [3.8, 4) is 5.75 Å². The number of hydrogen-bond acceptors (Lipinski definition) is 3. The molecule has 0 amide bonds. The molecule has 0 aliphatic heterocycles. The van der Waals surface area contributed by atoms with Crippen LogP contribution in [0.4, 0.5) is 0 Å². The van der Waals surface area contributed by atoms with E-state index in [1.165, 1.54) is 36.8 Å². The molecule has 1 aliphatic carbocycles. The van der Waals surface area contributed by atoms with Gasteiger partial charge in [-0.25, -0.2) is 0 Å². The van der Waals surface area contributed by atoms with E-state index in [2.05, 4.69) is 51.1 Å². The molecule has 0 radical (unpaired) electrons. The fourth-order valence-corrected chi connectivity index (χ4v) is 5.67. The Kier molecular flexibility index (Phi) is 11.2. The molecule has 0 spiro atoms. The zero-order chi connectivity index (χ0) is 25.8. The van der Waals surface area contributed by atoms with E-state index >= 15 is 0 Å². The van der Waals surface area contributed by atoms with E-state index in [9.17, 15) is 9.59 Å². The number of hydrogen-bond donors (Lipinski definition) is 0. The van der Waals surface area contributed by atoms with Gasteiger partial charge in [0.2, 0.25) is 0 Å². The minimum absolute atomic E-state index is 0.0771. The molecule has 2 aromatic rings. The number of benzene rings is 2. The van der Waals surface area contributed by atoms with Crippen molar-refractivity contribution >= 4 is 12.1 Å². The number of unbranched alkanes of at least 4 members (excludes halogenated alkanes) is 5. The summed E-state index contributed by atoms with van der Waals surface area (Å²) in [4.78, 5) is 23.3. The maximum absolute atomic E-state index is 12.6. The summed E-state index contributed by atoms with van der Waals surface area (Å²) >= 11 is 0. The van der Waals surface area contributed by atoms with Crippen LogP contribution in [0.3, 0.4) is 0 Å². The van der Waals surface area contributed by atoms with E-state index in [1.807, 2.05) is 18.2 Å². The van der Waals surface area contributed by atoms with Gasteiger partial charge in [0.25, 0.3) is 0 Å². The van der Waals surface area contributed by atoms with Gasteiger partial charge in [0.05, 0.1) is 0 Å². The highest BCUT2D eigenvalue weighted by molar-refractivity contribution is 5.80. The van der Waals surface area contributed by atoms with Gasteiger partial charge in [0.15, 0.2) is 0 Å². The van der Waals surface area contributed by atoms with Crippen molar-refractivity contribution in [3.05, 3.63) is 65.2 Å². The standard InChI is InChI=1S/C33H46O3/c1-4-5-6-12-21-33(2,3)28-18-20-30(32(23-28)36-25-26-14-9-7-10-15-26)31-24-29(35)19-17-27(31)16-11-8-13-22-34/h7,9-10,14-15,18,20,22-23,27,31H,4-6,8,11-13,16-17,19,21,24-25H2,1-3H3/t27-,31-/m0/s1. The Labute approximate surface area is 219 Å². The van der Waals surface area contributed by atoms with Crippen LogP contribution in [0.15, 0.2) is 48.5 Å². The summed E-state index contributed by atoms with van der Waals surface area (Å²) in [6, 6.07) is 17.1. The first-order valence-electron chi connectivity index (χ1n) is 14.2. The molecule has 0 unspecified atom stereocenters. The van der Waals surface area contributed by atoms with Gasteiger partial charge in [0.1, 0.15) is 24.4 Å². The number of ketones is 1. The van der Waals surface area contributed by atoms with Crippen molar-refractivity contribution in [3.63, 3.8) is 0 Å². The van der Waals surface area contributed by atoms with Crippen molar-refractivity contribution < 1.29 is 14.3 Å². The van der Waals surface area contributed by atoms with Crippen LogP contribution in [0.5, 0.6) is 5.75 Å². The van der Waals surface area contributed by atoms with Gasteiger partial charge in [-0.15, -0.1) is 0 Å². The van der Waals surface area contributed by atoms with Crippen LogP contribution >= 0.6 is 0 Å². The van der Waals surface area contributed by atoms with Crippen molar-refractivity contribution in [2.24, 2.45) is 5.92 Å². The normalized spacial score (nSPS) is 18.2. The summed E-state index contributed by atoms with van der Waals surface area (Å²) in [5, 5.41) is 0. The summed E-state index contributed by atoms with van der Waals surface area (Å²) in [5.74, 6) is 1.95. The lowest BCUT2D eigenvalue weighted by Gasteiger charge is -2.33. The lowest BCUT2D eigenvalue weighted by Crippen LogP contribution is -2.24. The van der Waals surface area contributed by atoms with Gasteiger partial charge in [-0.1, -0.05) is 95.3 Å². The molecule has 2 atom stereocenters. The van der Waals surface area contributed by atoms with Crippen LogP contribution in [0, 0.1) is 5.92 Å². The highest BCUT2D eigenvalue weighted by Gasteiger charge is 2.33. The zero-order valence-corrected chi connectivity index (χ0v) is 22.8. The van der Waals surface area contributed by atoms with E-state index in [1.54, 1.807) is 0 Å². The van der Waals surface area contributed by atoms with E-state index < -0.39 is 0 Å². The lowest BCUT2D eigenvalue weighted by molar-refractivity contribution is -0.121. The minimum Gasteiger partial charge on any atom is -0.489 e. The quantitative estimate of drug-likeness (QED) is 0.185. The molecule has 0 bridgehead atoms. The number of rotatable bonds is 15. The van der Waals surface area contributed by atoms with Crippen LogP contribution in [0.1, 0.15) is 120 Å². The Balaban J connectivity index is 1.87. The van der Waals surface area contributed by atoms with Gasteiger partial charge < -0.3 is 9.53 Å². The third kappa shape index (κ3) is 8.32. The summed E-state index contributed by atoms with van der Waals surface area (Å²) in [6.45, 7) is 7.47. The minimum atomic E-state index is 0.0771. The van der Waals surface area contributed by atoms with Crippen LogP contribution < -0.4 is 4.74 Å². The molecule has 0 aromatic heterocycles. The van der Waals surface area contributed by atoms with Crippen LogP contribution in [-0.2, 0) is 21.6 Å². The van der Waals surface area contributed by atoms with E-state index in [0.29, 0.717) is 37.6 Å². The van der Waals surface area contributed by atoms with Crippen molar-refractivity contribution in [1.29, 1.82) is 0 Å². The maximum atomic E-state index is 12.6. The summed E-state index contributed by atoms with van der Waals surface area (Å²) in [5.41, 5.74) is 3.73. The van der Waals surface area contributed by atoms with E-state index in [0.717, 1.165) is 49.7 Å². The SMILES string of the molecule is CCCCCCC(C)(C)c1ccc([C@H]2CC(=O)CC[C@@H]2CCCCC=O)c(OCc2ccccc2)c1. The molecule has 0 saturated heterocycles. The molecule has 0 heterocycles. The molecule has 1 saturated carbocycles. The number of Topliss-reactive ketones (excluding diaryl/α,β-unsaturated/α-hetero) is 1. The van der Waals surface area contributed by atoms with Crippen molar-refractivity contribution in [1.82, 2.24) is 0 Å². The van der Waals surface area contributed by atoms with Gasteiger partial charge in [-0.2, -0.15) is 0 Å². The third-order valence-corrected chi connectivity index (χ3v) is 8.04. The Morgan fingerprint density at radius 1 is 1.00 bits per heavy atom. The lowest BCUT2D eigenvalue weighted by atomic mass is 9.71. The fourth-order valence-electron chi connectivity index (χ4n) is 5.67. The van der Waals surface area contributed by atoms with Crippen molar-refractivity contribution in [2.75, 3.05) is 0 Å². The van der Waals surface area contributed by atoms with Crippen LogP contribution in [-0.4, -0.2) is 12.1 Å². The molecule has 3 rings (SSSR count). The molecule has 2 aromatic carbocycles. The third-order valence-electron chi connectivity index (χ3n) is 8.04. The highest BCUT2D eigenvalue weighted by Crippen LogP contribution is 2.44. The smallest absolute Gasteiger partial charge is 0.133 e. The van der Waals surface area contributed by atoms with Gasteiger partial charge >= 0.3 is 0 Å². The Bertz CT molecular complexity index is 947. The second-order valence-corrected chi connectivity index (χ2v) is 11.3. The monoisotopic (exact) mass is 490 g/mol. The topological polar surface area (TPSA) is 43.4 Å². The second-order valence-electron chi connectivity index (χ2n) is 11.3. The Hall–Kier alpha value is -2.42. The summed E-state index contributed by atoms with van der Waals surface area (Å²) in [6.07, 6.45) is 13.1. The molecule has 1 fully saturated rings. The van der Waals surface area contributed by atoms with Crippen LogP contribution in [0.2, 0.25) is 0 Å². The molecule has 0 N–H and O–H groups in total. The first-order valence-corrected chi connectivity index (χ1v) is 14.2.